The molecule has 0 saturated carbocycles. The van der Waals surface area contributed by atoms with Crippen molar-refractivity contribution in [1.82, 2.24) is 9.64 Å². The van der Waals surface area contributed by atoms with Crippen LogP contribution in [0.1, 0.15) is 0 Å². The zero-order valence-electron chi connectivity index (χ0n) is 2.87. The van der Waals surface area contributed by atoms with Gasteiger partial charge in [-0.05, 0) is 4.53 Å². The van der Waals surface area contributed by atoms with Gasteiger partial charge in [0.1, 0.15) is 0 Å². The van der Waals surface area contributed by atoms with Crippen molar-refractivity contribution in [2.45, 2.75) is 0 Å². The first-order valence-corrected chi connectivity index (χ1v) is 1.76. The Morgan fingerprint density at radius 3 is 2.83 bits per heavy atom. The highest BCUT2D eigenvalue weighted by atomic mass is 35.5. The third-order valence-electron chi connectivity index (χ3n) is 0.393. The van der Waals surface area contributed by atoms with E-state index in [0.717, 1.165) is 4.53 Å². The van der Waals surface area contributed by atoms with E-state index in [9.17, 15) is 0 Å². The molecule has 1 rings (SSSR count). The first-order valence-electron chi connectivity index (χ1n) is 1.42. The average Bonchev–Trinajstić information content (AvgIpc) is 1.86. The molecule has 3 nitrogen and oxygen atoms in total. The second-order valence-electron chi connectivity index (χ2n) is 0.792. The van der Waals surface area contributed by atoms with Crippen LogP contribution in [-0.2, 0) is 0 Å². The van der Waals surface area contributed by atoms with Crippen molar-refractivity contribution < 1.29 is 0 Å². The lowest BCUT2D eigenvalue weighted by Gasteiger charge is -1.72. The fourth-order valence-electron chi connectivity index (χ4n) is 0.194. The highest BCUT2D eigenvalue weighted by Crippen LogP contribution is 1.97. The van der Waals surface area contributed by atoms with Gasteiger partial charge in [0.05, 0.1) is 5.11 Å². The lowest BCUT2D eigenvalue weighted by Crippen LogP contribution is -1.83. The second-order valence-corrected chi connectivity index (χ2v) is 1.14. The molecule has 1 aliphatic rings. The van der Waals surface area contributed by atoms with Gasteiger partial charge < -0.3 is 0 Å². The van der Waals surface area contributed by atoms with Gasteiger partial charge >= 0.3 is 0 Å². The summed E-state index contributed by atoms with van der Waals surface area (Å²) in [6, 6.07) is 0. The van der Waals surface area contributed by atoms with Gasteiger partial charge in [-0.15, -0.1) is 0 Å². The summed E-state index contributed by atoms with van der Waals surface area (Å²) in [4.78, 5) is 0. The number of hydrogen-bond acceptors (Lipinski definition) is 3. The summed E-state index contributed by atoms with van der Waals surface area (Å²) < 4.78 is 1.11. The van der Waals surface area contributed by atoms with Crippen LogP contribution in [0.5, 0.6) is 0 Å². The molecule has 0 aliphatic carbocycles. The number of halogens is 1. The van der Waals surface area contributed by atoms with Crippen molar-refractivity contribution in [3.8, 4) is 0 Å². The van der Waals surface area contributed by atoms with Crippen molar-refractivity contribution in [2.24, 2.45) is 5.22 Å². The Morgan fingerprint density at radius 1 is 1.83 bits per heavy atom. The third-order valence-corrected chi connectivity index (χ3v) is 0.574. The van der Waals surface area contributed by atoms with Crippen molar-refractivity contribution in [2.75, 3.05) is 0 Å². The van der Waals surface area contributed by atoms with Gasteiger partial charge in [-0.2, -0.15) is 0 Å². The number of nitrogens with zero attached hydrogens (tertiary/aromatic N) is 3. The van der Waals surface area contributed by atoms with Crippen molar-refractivity contribution in [3.05, 3.63) is 12.4 Å². The fourth-order valence-corrected chi connectivity index (χ4v) is 0.283. The van der Waals surface area contributed by atoms with Gasteiger partial charge in [0.25, 0.3) is 0 Å². The Kier molecular flexibility index (Phi) is 0.759. The molecule has 31 valence electrons. The van der Waals surface area contributed by atoms with Crippen LogP contribution in [0.2, 0.25) is 0 Å². The summed E-state index contributed by atoms with van der Waals surface area (Å²) in [5, 5.41) is 6.75. The molecular weight excluding hydrogens is 101 g/mol. The molecule has 0 bridgehead atoms. The minimum Gasteiger partial charge on any atom is -0.0281 e. The Morgan fingerprint density at radius 2 is 2.67 bits per heavy atom. The van der Waals surface area contributed by atoms with E-state index in [0.29, 0.717) is 0 Å². The van der Waals surface area contributed by atoms with E-state index in [1.165, 1.54) is 6.20 Å². The highest BCUT2D eigenvalue weighted by molar-refractivity contribution is 6.13. The summed E-state index contributed by atoms with van der Waals surface area (Å²) >= 11 is 5.20. The Balaban J connectivity index is 2.60. The monoisotopic (exact) mass is 103 g/mol. The molecule has 0 N–H and O–H groups in total. The van der Waals surface area contributed by atoms with Gasteiger partial charge in [-0.25, -0.2) is 0 Å². The van der Waals surface area contributed by atoms with E-state index in [4.69, 9.17) is 11.8 Å². The van der Waals surface area contributed by atoms with Gasteiger partial charge in [-0.3, -0.25) is 0 Å². The molecule has 4 heteroatoms. The number of rotatable bonds is 0. The molecule has 1 aliphatic heterocycles. The predicted molar refractivity (Wildman–Crippen MR) is 21.4 cm³/mol. The molecule has 0 unspecified atom stereocenters. The maximum absolute atomic E-state index is 5.20. The quantitative estimate of drug-likeness (QED) is 0.414. The Labute approximate surface area is 40.0 Å². The lowest BCUT2D eigenvalue weighted by molar-refractivity contribution is 0.622. The molecule has 0 atom stereocenters. The van der Waals surface area contributed by atoms with E-state index in [2.05, 4.69) is 10.3 Å². The van der Waals surface area contributed by atoms with Crippen molar-refractivity contribution in [1.29, 1.82) is 0 Å². The van der Waals surface area contributed by atoms with Crippen LogP contribution in [0.3, 0.4) is 0 Å². The zero-order chi connectivity index (χ0) is 4.41. The van der Waals surface area contributed by atoms with Crippen LogP contribution in [0, 0.1) is 0 Å². The predicted octanol–water partition coefficient (Wildman–Crippen LogP) is 0.630. The summed E-state index contributed by atoms with van der Waals surface area (Å²) in [5.41, 5.74) is 0. The van der Waals surface area contributed by atoms with Gasteiger partial charge in [0.15, 0.2) is 23.2 Å². The van der Waals surface area contributed by atoms with E-state index in [1.807, 2.05) is 0 Å². The molecule has 0 spiro atoms. The van der Waals surface area contributed by atoms with Crippen LogP contribution in [0.25, 0.3) is 0 Å². The fraction of sp³-hybridized carbons (Fsp3) is 0. The summed E-state index contributed by atoms with van der Waals surface area (Å²) in [7, 11) is 0. The standard InChI is InChI=1S/C2H2ClN3/c3-6-2-1-4-5-6/h1-2H/q+1. The van der Waals surface area contributed by atoms with E-state index < -0.39 is 0 Å². The smallest absolute Gasteiger partial charge is 0.0281 e. The summed E-state index contributed by atoms with van der Waals surface area (Å²) in [6.45, 7) is 0. The zero-order valence-corrected chi connectivity index (χ0v) is 3.63. The Bertz CT molecular complexity index is 85.0. The molecule has 0 aromatic carbocycles. The van der Waals surface area contributed by atoms with Gasteiger partial charge in [0, 0.05) is 0 Å². The van der Waals surface area contributed by atoms with E-state index >= 15 is 0 Å². The number of hydrogen-bond donors (Lipinski definition) is 0. The molecule has 0 amide bonds. The third kappa shape index (κ3) is 0.490. The molecule has 0 aromatic rings. The molecular formula is C2H2ClN3+. The van der Waals surface area contributed by atoms with Crippen molar-refractivity contribution in [3.63, 3.8) is 0 Å². The molecule has 0 saturated heterocycles. The van der Waals surface area contributed by atoms with E-state index in [1.54, 1.807) is 6.20 Å². The lowest BCUT2D eigenvalue weighted by atomic mass is 11.0. The molecule has 6 heavy (non-hydrogen) atoms. The van der Waals surface area contributed by atoms with E-state index in [-0.39, 0.29) is 0 Å². The van der Waals surface area contributed by atoms with Crippen LogP contribution < -0.4 is 5.11 Å². The Hall–Kier alpha value is -0.570. The molecule has 0 fully saturated rings. The van der Waals surface area contributed by atoms with Gasteiger partial charge in [0.2, 0.25) is 6.20 Å². The normalized spacial score (nSPS) is 17.2. The van der Waals surface area contributed by atoms with Crippen LogP contribution >= 0.6 is 11.8 Å². The first-order chi connectivity index (χ1) is 2.89. The molecule has 1 radical (unpaired) electrons. The average molecular weight is 104 g/mol. The van der Waals surface area contributed by atoms with Crippen LogP contribution in [0.4, 0.5) is 0 Å². The molecule has 1 heterocycles. The van der Waals surface area contributed by atoms with Gasteiger partial charge in [-0.1, -0.05) is 0 Å². The SMILES string of the molecule is ClN1C=C[N+]=N1. The minimum atomic E-state index is 1.11. The maximum Gasteiger partial charge on any atom is 0.210 e. The largest absolute Gasteiger partial charge is 0.210 e. The topological polar surface area (TPSA) is 29.7 Å². The minimum absolute atomic E-state index is 1.11. The van der Waals surface area contributed by atoms with Crippen molar-refractivity contribution >= 4 is 11.8 Å². The van der Waals surface area contributed by atoms with Crippen LogP contribution in [-0.4, -0.2) is 4.53 Å². The summed E-state index contributed by atoms with van der Waals surface area (Å²) in [5.74, 6) is 0. The second kappa shape index (κ2) is 1.26. The first kappa shape index (κ1) is 3.61. The molecule has 0 aromatic heterocycles. The maximum atomic E-state index is 5.20. The van der Waals surface area contributed by atoms with Crippen LogP contribution in [0.15, 0.2) is 17.6 Å². The highest BCUT2D eigenvalue weighted by Gasteiger charge is 2.04. The summed E-state index contributed by atoms with van der Waals surface area (Å²) in [6.07, 6.45) is 3.05.